The molecular weight excluding hydrogens is 386 g/mol. The van der Waals surface area contributed by atoms with Gasteiger partial charge in [-0.05, 0) is 62.2 Å². The molecule has 5 heteroatoms. The highest BCUT2D eigenvalue weighted by molar-refractivity contribution is 6.31. The number of benzene rings is 3. The van der Waals surface area contributed by atoms with Gasteiger partial charge in [0, 0.05) is 16.1 Å². The lowest BCUT2D eigenvalue weighted by molar-refractivity contribution is -0.122. The van der Waals surface area contributed by atoms with Crippen LogP contribution in [-0.4, -0.2) is 17.8 Å². The van der Waals surface area contributed by atoms with E-state index in [4.69, 9.17) is 16.3 Å². The summed E-state index contributed by atoms with van der Waals surface area (Å²) in [6.45, 7) is 5.67. The van der Waals surface area contributed by atoms with Crippen molar-refractivity contribution in [2.24, 2.45) is 0 Å². The summed E-state index contributed by atoms with van der Waals surface area (Å²) < 4.78 is 5.77. The molecule has 0 saturated heterocycles. The monoisotopic (exact) mass is 407 g/mol. The third-order valence-electron chi connectivity index (χ3n) is 4.68. The fourth-order valence-corrected chi connectivity index (χ4v) is 3.01. The first-order valence-corrected chi connectivity index (χ1v) is 9.67. The minimum absolute atomic E-state index is 0.217. The van der Waals surface area contributed by atoms with Gasteiger partial charge in [0.05, 0.1) is 5.69 Å². The zero-order valence-electron chi connectivity index (χ0n) is 16.5. The molecule has 3 aromatic carbocycles. The molecule has 0 aliphatic heterocycles. The van der Waals surface area contributed by atoms with Crippen LogP contribution in [0.25, 0.3) is 0 Å². The Kier molecular flexibility index (Phi) is 6.35. The predicted octanol–water partition coefficient (Wildman–Crippen LogP) is 5.59. The van der Waals surface area contributed by atoms with Gasteiger partial charge in [-0.25, -0.2) is 0 Å². The molecule has 148 valence electrons. The van der Waals surface area contributed by atoms with E-state index in [-0.39, 0.29) is 11.7 Å². The number of hydrogen-bond acceptors (Lipinski definition) is 3. The molecule has 0 aromatic heterocycles. The van der Waals surface area contributed by atoms with E-state index in [0.29, 0.717) is 27.6 Å². The van der Waals surface area contributed by atoms with Crippen molar-refractivity contribution < 1.29 is 14.3 Å². The normalized spacial score (nSPS) is 11.6. The molecule has 0 saturated carbocycles. The van der Waals surface area contributed by atoms with Crippen LogP contribution in [0.1, 0.15) is 34.0 Å². The van der Waals surface area contributed by atoms with Crippen molar-refractivity contribution in [3.63, 3.8) is 0 Å². The molecule has 4 nitrogen and oxygen atoms in total. The third-order valence-corrected chi connectivity index (χ3v) is 4.92. The molecule has 29 heavy (non-hydrogen) atoms. The maximum absolute atomic E-state index is 12.9. The molecule has 0 fully saturated rings. The number of aryl methyl sites for hydroxylation is 2. The Morgan fingerprint density at radius 1 is 0.931 bits per heavy atom. The molecule has 3 rings (SSSR count). The predicted molar refractivity (Wildman–Crippen MR) is 116 cm³/mol. The molecule has 0 bridgehead atoms. The minimum atomic E-state index is -0.743. The second kappa shape index (κ2) is 8.93. The molecule has 0 spiro atoms. The maximum Gasteiger partial charge on any atom is 0.265 e. The average molecular weight is 408 g/mol. The SMILES string of the molecule is Cc1ccc(O[C@H](C)C(=O)Nc2ccc(Cl)cc2C(=O)c2ccccc2)cc1C. The highest BCUT2D eigenvalue weighted by Gasteiger charge is 2.20. The second-order valence-corrected chi connectivity index (χ2v) is 7.32. The lowest BCUT2D eigenvalue weighted by Gasteiger charge is -2.17. The number of ketones is 1. The van der Waals surface area contributed by atoms with E-state index in [1.54, 1.807) is 49.4 Å². The Bertz CT molecular complexity index is 1050. The van der Waals surface area contributed by atoms with Crippen molar-refractivity contribution in [3.8, 4) is 5.75 Å². The number of amides is 1. The molecule has 1 atom stereocenters. The summed E-state index contributed by atoms with van der Waals surface area (Å²) in [6, 6.07) is 19.3. The van der Waals surface area contributed by atoms with Gasteiger partial charge in [0.2, 0.25) is 0 Å². The number of nitrogens with one attached hydrogen (secondary N) is 1. The fraction of sp³-hybridized carbons (Fsp3) is 0.167. The van der Waals surface area contributed by atoms with Crippen LogP contribution >= 0.6 is 11.6 Å². The molecule has 0 heterocycles. The van der Waals surface area contributed by atoms with Crippen LogP contribution < -0.4 is 10.1 Å². The first-order chi connectivity index (χ1) is 13.8. The van der Waals surface area contributed by atoms with Crippen LogP contribution in [-0.2, 0) is 4.79 Å². The number of ether oxygens (including phenoxy) is 1. The Labute approximate surface area is 175 Å². The molecule has 0 aliphatic rings. The van der Waals surface area contributed by atoms with Gasteiger partial charge in [0.1, 0.15) is 5.75 Å². The molecule has 0 aliphatic carbocycles. The Balaban J connectivity index is 1.79. The van der Waals surface area contributed by atoms with E-state index in [1.807, 2.05) is 38.1 Å². The average Bonchev–Trinajstić information content (AvgIpc) is 2.72. The first-order valence-electron chi connectivity index (χ1n) is 9.29. The van der Waals surface area contributed by atoms with E-state index in [0.717, 1.165) is 11.1 Å². The molecule has 1 N–H and O–H groups in total. The zero-order valence-corrected chi connectivity index (χ0v) is 17.3. The quantitative estimate of drug-likeness (QED) is 0.541. The van der Waals surface area contributed by atoms with E-state index in [1.165, 1.54) is 0 Å². The van der Waals surface area contributed by atoms with Crippen molar-refractivity contribution >= 4 is 29.0 Å². The lowest BCUT2D eigenvalue weighted by atomic mass is 10.0. The summed E-state index contributed by atoms with van der Waals surface area (Å²) in [6.07, 6.45) is -0.743. The molecule has 0 radical (unpaired) electrons. The van der Waals surface area contributed by atoms with E-state index >= 15 is 0 Å². The van der Waals surface area contributed by atoms with Gasteiger partial charge >= 0.3 is 0 Å². The van der Waals surface area contributed by atoms with Crippen LogP contribution in [0.4, 0.5) is 5.69 Å². The van der Waals surface area contributed by atoms with Crippen LogP contribution in [0.2, 0.25) is 5.02 Å². The van der Waals surface area contributed by atoms with Crippen molar-refractivity contribution in [1.82, 2.24) is 0 Å². The van der Waals surface area contributed by atoms with Gasteiger partial charge in [-0.3, -0.25) is 9.59 Å². The zero-order chi connectivity index (χ0) is 21.0. The summed E-state index contributed by atoms with van der Waals surface area (Å²) in [4.78, 5) is 25.6. The third kappa shape index (κ3) is 5.04. The minimum Gasteiger partial charge on any atom is -0.481 e. The molecule has 3 aromatic rings. The fourth-order valence-electron chi connectivity index (χ4n) is 2.84. The summed E-state index contributed by atoms with van der Waals surface area (Å²) in [7, 11) is 0. The van der Waals surface area contributed by atoms with E-state index < -0.39 is 6.10 Å². The van der Waals surface area contributed by atoms with Crippen LogP contribution in [0.5, 0.6) is 5.75 Å². The van der Waals surface area contributed by atoms with Crippen molar-refractivity contribution in [1.29, 1.82) is 0 Å². The lowest BCUT2D eigenvalue weighted by Crippen LogP contribution is -2.30. The van der Waals surface area contributed by atoms with Gasteiger partial charge in [-0.1, -0.05) is 48.0 Å². The molecule has 0 unspecified atom stereocenters. The van der Waals surface area contributed by atoms with Crippen molar-refractivity contribution in [2.75, 3.05) is 5.32 Å². The number of carbonyl (C=O) groups is 2. The molecule has 1 amide bonds. The highest BCUT2D eigenvalue weighted by Crippen LogP contribution is 2.24. The van der Waals surface area contributed by atoms with Crippen molar-refractivity contribution in [2.45, 2.75) is 26.9 Å². The van der Waals surface area contributed by atoms with Gasteiger partial charge in [0.15, 0.2) is 11.9 Å². The van der Waals surface area contributed by atoms with Crippen LogP contribution in [0.3, 0.4) is 0 Å². The van der Waals surface area contributed by atoms with Crippen LogP contribution in [0.15, 0.2) is 66.7 Å². The van der Waals surface area contributed by atoms with Gasteiger partial charge < -0.3 is 10.1 Å². The number of carbonyl (C=O) groups excluding carboxylic acids is 2. The summed E-state index contributed by atoms with van der Waals surface area (Å²) >= 11 is 6.09. The Morgan fingerprint density at radius 2 is 1.66 bits per heavy atom. The topological polar surface area (TPSA) is 55.4 Å². The van der Waals surface area contributed by atoms with E-state index in [9.17, 15) is 9.59 Å². The number of anilines is 1. The van der Waals surface area contributed by atoms with E-state index in [2.05, 4.69) is 5.32 Å². The van der Waals surface area contributed by atoms with Gasteiger partial charge in [0.25, 0.3) is 5.91 Å². The number of halogens is 1. The van der Waals surface area contributed by atoms with Crippen LogP contribution in [0, 0.1) is 13.8 Å². The summed E-state index contributed by atoms with van der Waals surface area (Å²) in [5.74, 6) is 0.0474. The first kappa shape index (κ1) is 20.6. The van der Waals surface area contributed by atoms with Crippen molar-refractivity contribution in [3.05, 3.63) is 94.0 Å². The highest BCUT2D eigenvalue weighted by atomic mass is 35.5. The van der Waals surface area contributed by atoms with Gasteiger partial charge in [-0.2, -0.15) is 0 Å². The van der Waals surface area contributed by atoms with Gasteiger partial charge in [-0.15, -0.1) is 0 Å². The standard InChI is InChI=1S/C24H22ClNO3/c1-15-9-11-20(13-16(15)2)29-17(3)24(28)26-22-12-10-19(25)14-21(22)23(27)18-7-5-4-6-8-18/h4-14,17H,1-3H3,(H,26,28)/t17-/m1/s1. The summed E-state index contributed by atoms with van der Waals surface area (Å²) in [5, 5.41) is 3.21. The number of hydrogen-bond donors (Lipinski definition) is 1. The Morgan fingerprint density at radius 3 is 2.34 bits per heavy atom. The number of rotatable bonds is 6. The second-order valence-electron chi connectivity index (χ2n) is 6.88. The maximum atomic E-state index is 12.9. The summed E-state index contributed by atoms with van der Waals surface area (Å²) in [5.41, 5.74) is 3.48. The largest absolute Gasteiger partial charge is 0.481 e. The smallest absolute Gasteiger partial charge is 0.265 e. The molecular formula is C24H22ClNO3. The Hall–Kier alpha value is -3.11.